The average Bonchev–Trinajstić information content (AvgIpc) is 3.24. The topological polar surface area (TPSA) is 93.5 Å². The van der Waals surface area contributed by atoms with E-state index in [1.165, 1.54) is 0 Å². The van der Waals surface area contributed by atoms with Crippen molar-refractivity contribution < 1.29 is 9.47 Å². The van der Waals surface area contributed by atoms with Crippen LogP contribution in [0.15, 0.2) is 65.7 Å². The fourth-order valence-corrected chi connectivity index (χ4v) is 4.30. The number of nitrogens with one attached hydrogen (secondary N) is 2. The molecule has 0 aliphatic rings. The molecule has 8 heteroatoms. The molecule has 0 fully saturated rings. The van der Waals surface area contributed by atoms with E-state index in [0.29, 0.717) is 12.2 Å². The Morgan fingerprint density at radius 2 is 1.76 bits per heavy atom. The highest BCUT2D eigenvalue weighted by atomic mass is 16.5. The molecule has 172 valence electrons. The van der Waals surface area contributed by atoms with E-state index in [1.807, 2.05) is 49.4 Å². The molecule has 0 saturated carbocycles. The maximum atomic E-state index is 12.5. The summed E-state index contributed by atoms with van der Waals surface area (Å²) in [5, 5.41) is 11.1. The maximum absolute atomic E-state index is 12.5. The first kappa shape index (κ1) is 21.7. The molecule has 0 amide bonds. The van der Waals surface area contributed by atoms with E-state index in [-0.39, 0.29) is 5.69 Å². The van der Waals surface area contributed by atoms with Gasteiger partial charge < -0.3 is 14.8 Å². The molecular formula is C26H25N5O3. The number of rotatable bonds is 7. The first-order chi connectivity index (χ1) is 16.6. The molecule has 5 aromatic rings. The summed E-state index contributed by atoms with van der Waals surface area (Å²) in [6, 6.07) is 15.9. The van der Waals surface area contributed by atoms with E-state index in [4.69, 9.17) is 9.47 Å². The van der Waals surface area contributed by atoms with Crippen molar-refractivity contribution in [3.05, 3.63) is 88.1 Å². The third kappa shape index (κ3) is 3.88. The van der Waals surface area contributed by atoms with Crippen molar-refractivity contribution in [2.24, 2.45) is 0 Å². The van der Waals surface area contributed by atoms with Crippen molar-refractivity contribution in [2.45, 2.75) is 20.0 Å². The Labute approximate surface area is 196 Å². The van der Waals surface area contributed by atoms with Gasteiger partial charge in [0.25, 0.3) is 0 Å². The van der Waals surface area contributed by atoms with E-state index in [9.17, 15) is 4.79 Å². The number of benzene rings is 2. The number of nitrogens with zero attached hydrogens (tertiary/aromatic N) is 3. The van der Waals surface area contributed by atoms with Crippen molar-refractivity contribution >= 4 is 16.6 Å². The quantitative estimate of drug-likeness (QED) is 0.387. The van der Waals surface area contributed by atoms with Gasteiger partial charge in [0.1, 0.15) is 11.5 Å². The maximum Gasteiger partial charge on any atom is 0.348 e. The summed E-state index contributed by atoms with van der Waals surface area (Å²) in [7, 11) is 3.33. The number of aromatic amines is 1. The smallest absolute Gasteiger partial charge is 0.348 e. The van der Waals surface area contributed by atoms with Crippen LogP contribution in [0.1, 0.15) is 16.7 Å². The summed E-state index contributed by atoms with van der Waals surface area (Å²) in [6.45, 7) is 3.34. The zero-order valence-corrected chi connectivity index (χ0v) is 19.3. The molecule has 0 aliphatic heterocycles. The monoisotopic (exact) mass is 455 g/mol. The Kier molecular flexibility index (Phi) is 5.73. The fourth-order valence-electron chi connectivity index (χ4n) is 4.30. The molecule has 0 radical (unpaired) electrons. The summed E-state index contributed by atoms with van der Waals surface area (Å²) < 4.78 is 13.0. The zero-order chi connectivity index (χ0) is 23.7. The molecule has 34 heavy (non-hydrogen) atoms. The SMILES string of the molecule is COc1ccc(-c2cc3c(cc2OC)c(C)cc2n[nH]c(=O)n23)cc1CNCc1ccncc1. The van der Waals surface area contributed by atoms with Crippen LogP contribution < -0.4 is 20.5 Å². The van der Waals surface area contributed by atoms with Crippen molar-refractivity contribution in [3.8, 4) is 22.6 Å². The van der Waals surface area contributed by atoms with E-state index >= 15 is 0 Å². The molecule has 0 bridgehead atoms. The van der Waals surface area contributed by atoms with Gasteiger partial charge in [-0.1, -0.05) is 6.07 Å². The highest BCUT2D eigenvalue weighted by Gasteiger charge is 2.15. The number of aryl methyl sites for hydroxylation is 1. The van der Waals surface area contributed by atoms with Crippen LogP contribution >= 0.6 is 0 Å². The Morgan fingerprint density at radius 1 is 0.971 bits per heavy atom. The molecular weight excluding hydrogens is 430 g/mol. The second kappa shape index (κ2) is 8.99. The van der Waals surface area contributed by atoms with Gasteiger partial charge in [-0.25, -0.2) is 14.3 Å². The number of hydrogen-bond acceptors (Lipinski definition) is 6. The summed E-state index contributed by atoms with van der Waals surface area (Å²) in [5.41, 5.74) is 6.13. The van der Waals surface area contributed by atoms with Crippen LogP contribution in [-0.2, 0) is 13.1 Å². The van der Waals surface area contributed by atoms with Crippen LogP contribution in [0, 0.1) is 6.92 Å². The van der Waals surface area contributed by atoms with E-state index < -0.39 is 0 Å². The van der Waals surface area contributed by atoms with Gasteiger partial charge in [-0.15, -0.1) is 0 Å². The molecule has 2 aromatic carbocycles. The Bertz CT molecular complexity index is 1540. The summed E-state index contributed by atoms with van der Waals surface area (Å²) in [6.07, 6.45) is 3.57. The molecule has 0 saturated heterocycles. The molecule has 0 unspecified atom stereocenters. The third-order valence-electron chi connectivity index (χ3n) is 6.01. The lowest BCUT2D eigenvalue weighted by atomic mass is 9.98. The zero-order valence-electron chi connectivity index (χ0n) is 19.3. The molecule has 3 heterocycles. The van der Waals surface area contributed by atoms with Gasteiger partial charge in [-0.3, -0.25) is 4.98 Å². The molecule has 0 atom stereocenters. The van der Waals surface area contributed by atoms with Gasteiger partial charge in [0, 0.05) is 42.0 Å². The van der Waals surface area contributed by atoms with Gasteiger partial charge >= 0.3 is 5.69 Å². The number of aromatic nitrogens is 4. The van der Waals surface area contributed by atoms with Crippen molar-refractivity contribution in [1.29, 1.82) is 0 Å². The van der Waals surface area contributed by atoms with Gasteiger partial charge in [0.15, 0.2) is 5.65 Å². The number of H-pyrrole nitrogens is 1. The number of fused-ring (bicyclic) bond motifs is 3. The largest absolute Gasteiger partial charge is 0.496 e. The number of pyridine rings is 2. The molecule has 5 rings (SSSR count). The van der Waals surface area contributed by atoms with Gasteiger partial charge in [-0.05, 0) is 66.1 Å². The van der Waals surface area contributed by atoms with E-state index in [1.54, 1.807) is 31.0 Å². The van der Waals surface area contributed by atoms with Crippen LogP contribution in [0.4, 0.5) is 0 Å². The number of methoxy groups -OCH3 is 2. The predicted molar refractivity (Wildman–Crippen MR) is 131 cm³/mol. The summed E-state index contributed by atoms with van der Waals surface area (Å²) >= 11 is 0. The van der Waals surface area contributed by atoms with Crippen molar-refractivity contribution in [3.63, 3.8) is 0 Å². The van der Waals surface area contributed by atoms with Crippen LogP contribution in [0.2, 0.25) is 0 Å². The molecule has 8 nitrogen and oxygen atoms in total. The van der Waals surface area contributed by atoms with Gasteiger partial charge in [-0.2, -0.15) is 5.10 Å². The van der Waals surface area contributed by atoms with Crippen LogP contribution in [0.3, 0.4) is 0 Å². The second-order valence-corrected chi connectivity index (χ2v) is 8.11. The lowest BCUT2D eigenvalue weighted by Gasteiger charge is -2.16. The Balaban J connectivity index is 1.58. The lowest BCUT2D eigenvalue weighted by Crippen LogP contribution is -2.13. The van der Waals surface area contributed by atoms with Crippen molar-refractivity contribution in [1.82, 2.24) is 24.9 Å². The van der Waals surface area contributed by atoms with E-state index in [0.717, 1.165) is 56.8 Å². The molecule has 2 N–H and O–H groups in total. The predicted octanol–water partition coefficient (Wildman–Crippen LogP) is 3.85. The Morgan fingerprint density at radius 3 is 2.53 bits per heavy atom. The summed E-state index contributed by atoms with van der Waals surface area (Å²) in [4.78, 5) is 16.5. The Hall–Kier alpha value is -4.17. The molecule has 3 aromatic heterocycles. The highest BCUT2D eigenvalue weighted by Crippen LogP contribution is 2.37. The fraction of sp³-hybridized carbons (Fsp3) is 0.192. The van der Waals surface area contributed by atoms with Crippen LogP contribution in [0.5, 0.6) is 11.5 Å². The minimum Gasteiger partial charge on any atom is -0.496 e. The minimum atomic E-state index is -0.271. The standard InChI is InChI=1S/C26H25N5O3/c1-16-10-25-29-30-26(32)31(25)22-12-21(24(34-3)13-20(16)22)18-4-5-23(33-2)19(11-18)15-28-14-17-6-8-27-9-7-17/h4-13,28H,14-15H2,1-3H3,(H,30,32). The average molecular weight is 456 g/mol. The first-order valence-electron chi connectivity index (χ1n) is 10.9. The minimum absolute atomic E-state index is 0.271. The third-order valence-corrected chi connectivity index (χ3v) is 6.01. The van der Waals surface area contributed by atoms with Crippen LogP contribution in [0.25, 0.3) is 27.7 Å². The second-order valence-electron chi connectivity index (χ2n) is 8.11. The summed E-state index contributed by atoms with van der Waals surface area (Å²) in [5.74, 6) is 1.53. The number of ether oxygens (including phenoxy) is 2. The highest BCUT2D eigenvalue weighted by molar-refractivity contribution is 5.92. The number of hydrogen-bond donors (Lipinski definition) is 2. The molecule has 0 aliphatic carbocycles. The van der Waals surface area contributed by atoms with Gasteiger partial charge in [0.05, 0.1) is 19.7 Å². The molecule has 0 spiro atoms. The normalized spacial score (nSPS) is 11.3. The van der Waals surface area contributed by atoms with Gasteiger partial charge in [0.2, 0.25) is 0 Å². The van der Waals surface area contributed by atoms with Crippen LogP contribution in [-0.4, -0.2) is 33.8 Å². The first-order valence-corrected chi connectivity index (χ1v) is 10.9. The van der Waals surface area contributed by atoms with Crippen molar-refractivity contribution in [2.75, 3.05) is 14.2 Å². The van der Waals surface area contributed by atoms with E-state index in [2.05, 4.69) is 26.6 Å². The lowest BCUT2D eigenvalue weighted by molar-refractivity contribution is 0.407.